The highest BCUT2D eigenvalue weighted by atomic mass is 16.5. The maximum atomic E-state index is 10.4. The summed E-state index contributed by atoms with van der Waals surface area (Å²) in [6.07, 6.45) is 1.32. The molecule has 24 heavy (non-hydrogen) atoms. The molecule has 2 aromatic heterocycles. The van der Waals surface area contributed by atoms with E-state index in [0.29, 0.717) is 19.6 Å². The molecule has 1 aromatic carbocycles. The molecule has 0 aliphatic heterocycles. The minimum atomic E-state index is -0.484. The van der Waals surface area contributed by atoms with Gasteiger partial charge in [-0.2, -0.15) is 0 Å². The van der Waals surface area contributed by atoms with Gasteiger partial charge in [0.25, 0.3) is 0 Å². The van der Waals surface area contributed by atoms with Crippen molar-refractivity contribution in [3.63, 3.8) is 0 Å². The predicted molar refractivity (Wildman–Crippen MR) is 92.8 cm³/mol. The molecule has 0 aliphatic rings. The van der Waals surface area contributed by atoms with Crippen molar-refractivity contribution in [1.29, 1.82) is 0 Å². The molecule has 0 radical (unpaired) electrons. The van der Waals surface area contributed by atoms with Gasteiger partial charge in [-0.25, -0.2) is 4.98 Å². The minimum Gasteiger partial charge on any atom is -0.390 e. The maximum absolute atomic E-state index is 10.4. The van der Waals surface area contributed by atoms with Gasteiger partial charge in [0.1, 0.15) is 5.76 Å². The first-order chi connectivity index (χ1) is 11.4. The Kier molecular flexibility index (Phi) is 4.69. The van der Waals surface area contributed by atoms with Gasteiger partial charge in [-0.1, -0.05) is 5.16 Å². The second-order valence-corrected chi connectivity index (χ2v) is 6.60. The summed E-state index contributed by atoms with van der Waals surface area (Å²) in [5.41, 5.74) is 5.37. The van der Waals surface area contributed by atoms with E-state index in [4.69, 9.17) is 4.52 Å². The molecule has 1 atom stereocenters. The van der Waals surface area contributed by atoms with E-state index in [0.717, 1.165) is 22.5 Å². The molecule has 0 fully saturated rings. The summed E-state index contributed by atoms with van der Waals surface area (Å²) in [4.78, 5) is 6.48. The first kappa shape index (κ1) is 16.7. The minimum absolute atomic E-state index is 0.484. The summed E-state index contributed by atoms with van der Waals surface area (Å²) in [6, 6.07) is 6.14. The third-order valence-electron chi connectivity index (χ3n) is 4.28. The number of aliphatic hydroxyl groups excluding tert-OH is 1. The first-order valence-electron chi connectivity index (χ1n) is 8.13. The van der Waals surface area contributed by atoms with Crippen LogP contribution in [0.25, 0.3) is 11.0 Å². The normalized spacial score (nSPS) is 13.1. The molecule has 0 unspecified atom stereocenters. The number of hydrogen-bond donors (Lipinski definition) is 1. The van der Waals surface area contributed by atoms with E-state index in [-0.39, 0.29) is 0 Å². The van der Waals surface area contributed by atoms with E-state index >= 15 is 0 Å². The quantitative estimate of drug-likeness (QED) is 0.753. The van der Waals surface area contributed by atoms with Crippen LogP contribution >= 0.6 is 0 Å². The molecule has 128 valence electrons. The Balaban J connectivity index is 1.64. The molecule has 0 saturated heterocycles. The van der Waals surface area contributed by atoms with Gasteiger partial charge in [-0.3, -0.25) is 4.90 Å². The Morgan fingerprint density at radius 1 is 1.21 bits per heavy atom. The number of rotatable bonds is 6. The van der Waals surface area contributed by atoms with Gasteiger partial charge in [0, 0.05) is 19.2 Å². The fourth-order valence-electron chi connectivity index (χ4n) is 2.94. The number of fused-ring (bicyclic) bond motifs is 1. The Bertz CT molecular complexity index is 837. The van der Waals surface area contributed by atoms with Crippen molar-refractivity contribution in [2.45, 2.75) is 40.0 Å². The van der Waals surface area contributed by atoms with Gasteiger partial charge in [-0.15, -0.1) is 0 Å². The van der Waals surface area contributed by atoms with Crippen LogP contribution in [-0.4, -0.2) is 44.4 Å². The van der Waals surface area contributed by atoms with E-state index in [1.54, 1.807) is 6.33 Å². The number of imidazole rings is 1. The summed E-state index contributed by atoms with van der Waals surface area (Å²) in [6.45, 7) is 7.77. The molecular formula is C18H24N4O2. The predicted octanol–water partition coefficient (Wildman–Crippen LogP) is 2.44. The zero-order valence-electron chi connectivity index (χ0n) is 14.7. The van der Waals surface area contributed by atoms with Crippen LogP contribution in [0.15, 0.2) is 29.0 Å². The van der Waals surface area contributed by atoms with Crippen LogP contribution in [0.4, 0.5) is 0 Å². The van der Waals surface area contributed by atoms with Crippen molar-refractivity contribution in [3.05, 3.63) is 47.1 Å². The number of aryl methyl sites for hydroxylation is 3. The van der Waals surface area contributed by atoms with Crippen molar-refractivity contribution in [2.75, 3.05) is 13.6 Å². The second kappa shape index (κ2) is 6.75. The lowest BCUT2D eigenvalue weighted by molar-refractivity contribution is 0.107. The van der Waals surface area contributed by atoms with E-state index in [2.05, 4.69) is 36.1 Å². The Labute approximate surface area is 141 Å². The van der Waals surface area contributed by atoms with E-state index in [9.17, 15) is 5.11 Å². The highest BCUT2D eigenvalue weighted by Gasteiger charge is 2.13. The van der Waals surface area contributed by atoms with E-state index < -0.39 is 6.10 Å². The van der Waals surface area contributed by atoms with Crippen LogP contribution in [0.2, 0.25) is 0 Å². The molecule has 2 heterocycles. The molecule has 1 N–H and O–H groups in total. The SMILES string of the molecule is Cc1cc(CN(C)C[C@H](O)Cn2cnc3cc(C)c(C)cc32)no1. The highest BCUT2D eigenvalue weighted by Crippen LogP contribution is 2.18. The van der Waals surface area contributed by atoms with Gasteiger partial charge < -0.3 is 14.2 Å². The van der Waals surface area contributed by atoms with Gasteiger partial charge >= 0.3 is 0 Å². The van der Waals surface area contributed by atoms with E-state index in [1.807, 2.05) is 29.5 Å². The summed E-state index contributed by atoms with van der Waals surface area (Å²) in [5.74, 6) is 0.800. The number of hydrogen-bond acceptors (Lipinski definition) is 5. The monoisotopic (exact) mass is 328 g/mol. The number of likely N-dealkylation sites (N-methyl/N-ethyl adjacent to an activating group) is 1. The van der Waals surface area contributed by atoms with Crippen molar-refractivity contribution >= 4 is 11.0 Å². The molecule has 3 rings (SSSR count). The van der Waals surface area contributed by atoms with Crippen molar-refractivity contribution < 1.29 is 9.63 Å². The van der Waals surface area contributed by atoms with Gasteiger partial charge in [0.2, 0.25) is 0 Å². The number of nitrogens with zero attached hydrogens (tertiary/aromatic N) is 4. The summed E-state index contributed by atoms with van der Waals surface area (Å²) in [5, 5.41) is 14.4. The second-order valence-electron chi connectivity index (χ2n) is 6.60. The van der Waals surface area contributed by atoms with E-state index in [1.165, 1.54) is 11.1 Å². The molecule has 6 nitrogen and oxygen atoms in total. The fraction of sp³-hybridized carbons (Fsp3) is 0.444. The molecular weight excluding hydrogens is 304 g/mol. The average molecular weight is 328 g/mol. The largest absolute Gasteiger partial charge is 0.390 e. The smallest absolute Gasteiger partial charge is 0.133 e. The standard InChI is InChI=1S/C18H24N4O2/c1-12-5-17-18(6-13(12)2)22(11-19-17)10-16(23)9-21(4)8-15-7-14(3)24-20-15/h5-7,11,16,23H,8-10H2,1-4H3/t16-/m0/s1. The average Bonchev–Trinajstić information content (AvgIpc) is 3.07. The lowest BCUT2D eigenvalue weighted by Gasteiger charge is -2.20. The topological polar surface area (TPSA) is 67.3 Å². The molecule has 0 amide bonds. The van der Waals surface area contributed by atoms with Crippen LogP contribution in [0.3, 0.4) is 0 Å². The summed E-state index contributed by atoms with van der Waals surface area (Å²) in [7, 11) is 1.97. The summed E-state index contributed by atoms with van der Waals surface area (Å²) >= 11 is 0. The maximum Gasteiger partial charge on any atom is 0.133 e. The van der Waals surface area contributed by atoms with Gasteiger partial charge in [0.15, 0.2) is 0 Å². The van der Waals surface area contributed by atoms with Crippen molar-refractivity contribution in [2.24, 2.45) is 0 Å². The zero-order chi connectivity index (χ0) is 17.3. The van der Waals surface area contributed by atoms with Crippen LogP contribution in [-0.2, 0) is 13.1 Å². The number of aliphatic hydroxyl groups is 1. The van der Waals surface area contributed by atoms with Crippen molar-refractivity contribution in [3.8, 4) is 0 Å². The van der Waals surface area contributed by atoms with Gasteiger partial charge in [-0.05, 0) is 51.1 Å². The summed E-state index contributed by atoms with van der Waals surface area (Å²) < 4.78 is 7.09. The molecule has 0 bridgehead atoms. The molecule has 0 saturated carbocycles. The zero-order valence-corrected chi connectivity index (χ0v) is 14.7. The Hall–Kier alpha value is -2.18. The first-order valence-corrected chi connectivity index (χ1v) is 8.13. The van der Waals surface area contributed by atoms with Gasteiger partial charge in [0.05, 0.1) is 35.7 Å². The number of aromatic nitrogens is 3. The lowest BCUT2D eigenvalue weighted by Crippen LogP contribution is -2.31. The number of benzene rings is 1. The molecule has 0 aliphatic carbocycles. The third kappa shape index (κ3) is 3.66. The lowest BCUT2D eigenvalue weighted by atomic mass is 10.1. The van der Waals surface area contributed by atoms with Crippen LogP contribution < -0.4 is 0 Å². The highest BCUT2D eigenvalue weighted by molar-refractivity contribution is 5.77. The van der Waals surface area contributed by atoms with Crippen molar-refractivity contribution in [1.82, 2.24) is 19.6 Å². The molecule has 3 aromatic rings. The van der Waals surface area contributed by atoms with Crippen LogP contribution in [0.1, 0.15) is 22.6 Å². The Morgan fingerprint density at radius 3 is 2.67 bits per heavy atom. The Morgan fingerprint density at radius 2 is 1.96 bits per heavy atom. The van der Waals surface area contributed by atoms with Crippen LogP contribution in [0.5, 0.6) is 0 Å². The van der Waals surface area contributed by atoms with Crippen LogP contribution in [0, 0.1) is 20.8 Å². The third-order valence-corrected chi connectivity index (χ3v) is 4.28. The fourth-order valence-corrected chi connectivity index (χ4v) is 2.94. The molecule has 0 spiro atoms. The molecule has 6 heteroatoms.